The maximum absolute atomic E-state index is 11.0. The molecule has 1 aromatic heterocycles. The van der Waals surface area contributed by atoms with E-state index in [0.717, 1.165) is 0 Å². The largest absolute Gasteiger partial charge is 0.442 e. The number of ketones is 1. The lowest BCUT2D eigenvalue weighted by atomic mass is 10.4. The van der Waals surface area contributed by atoms with Crippen LogP contribution in [0.2, 0.25) is 0 Å². The Morgan fingerprint density at radius 2 is 2.18 bits per heavy atom. The van der Waals surface area contributed by atoms with Crippen molar-refractivity contribution in [1.29, 1.82) is 0 Å². The number of oxazole rings is 1. The van der Waals surface area contributed by atoms with Crippen molar-refractivity contribution in [3.8, 4) is 0 Å². The summed E-state index contributed by atoms with van der Waals surface area (Å²) < 4.78 is 2.61. The molecule has 0 N–H and O–H groups in total. The summed E-state index contributed by atoms with van der Waals surface area (Å²) in [6.45, 7) is 0. The molecule has 0 saturated heterocycles. The molecule has 0 fully saturated rings. The first-order valence-corrected chi connectivity index (χ1v) is 3.66. The van der Waals surface area contributed by atoms with E-state index >= 15 is 0 Å². The fraction of sp³-hybridized carbons (Fsp3) is 0.200. The fourth-order valence-corrected chi connectivity index (χ4v) is 0.699. The molecule has 0 amide bonds. The van der Waals surface area contributed by atoms with Crippen LogP contribution < -0.4 is 0 Å². The topological polar surface area (TPSA) is 43.1 Å². The van der Waals surface area contributed by atoms with Crippen LogP contribution >= 0.6 is 34.8 Å². The predicted molar refractivity (Wildman–Crippen MR) is 41.1 cm³/mol. The highest BCUT2D eigenvalue weighted by Gasteiger charge is 2.34. The van der Waals surface area contributed by atoms with Gasteiger partial charge in [0.15, 0.2) is 0 Å². The van der Waals surface area contributed by atoms with Gasteiger partial charge in [-0.3, -0.25) is 4.79 Å². The molecule has 0 aliphatic carbocycles. The number of hydrogen-bond donors (Lipinski definition) is 0. The number of alkyl halides is 3. The number of hydrogen-bond acceptors (Lipinski definition) is 3. The van der Waals surface area contributed by atoms with E-state index in [0.29, 0.717) is 0 Å². The van der Waals surface area contributed by atoms with Crippen LogP contribution in [0.1, 0.15) is 10.7 Å². The van der Waals surface area contributed by atoms with E-state index in [1.807, 2.05) is 0 Å². The second-order valence-corrected chi connectivity index (χ2v) is 3.95. The predicted octanol–water partition coefficient (Wildman–Crippen LogP) is 2.23. The highest BCUT2D eigenvalue weighted by molar-refractivity contribution is 6.77. The Balaban J connectivity index is 2.88. The van der Waals surface area contributed by atoms with Gasteiger partial charge in [0.2, 0.25) is 0 Å². The molecule has 11 heavy (non-hydrogen) atoms. The van der Waals surface area contributed by atoms with Gasteiger partial charge in [-0.05, 0) is 0 Å². The molecule has 1 aromatic rings. The van der Waals surface area contributed by atoms with Gasteiger partial charge in [0, 0.05) is 0 Å². The van der Waals surface area contributed by atoms with Crippen LogP contribution in [0.5, 0.6) is 0 Å². The van der Waals surface area contributed by atoms with Crippen molar-refractivity contribution >= 4 is 40.6 Å². The summed E-state index contributed by atoms with van der Waals surface area (Å²) in [6.07, 6.45) is 2.52. The Hall–Kier alpha value is -0.250. The van der Waals surface area contributed by atoms with E-state index in [1.165, 1.54) is 12.5 Å². The molecule has 60 valence electrons. The summed E-state index contributed by atoms with van der Waals surface area (Å²) in [5.41, 5.74) is 0. The Bertz CT molecular complexity index is 251. The van der Waals surface area contributed by atoms with Gasteiger partial charge < -0.3 is 4.42 Å². The van der Waals surface area contributed by atoms with Crippen molar-refractivity contribution in [3.05, 3.63) is 18.4 Å². The van der Waals surface area contributed by atoms with Gasteiger partial charge in [-0.2, -0.15) is 0 Å². The number of carbonyl (C=O) groups excluding carboxylic acids is 1. The molecule has 6 heteroatoms. The summed E-state index contributed by atoms with van der Waals surface area (Å²) in [4.78, 5) is 14.5. The van der Waals surface area contributed by atoms with E-state index in [9.17, 15) is 4.79 Å². The number of rotatable bonds is 1. The van der Waals surface area contributed by atoms with E-state index in [-0.39, 0.29) is 5.89 Å². The molecule has 1 rings (SSSR count). The van der Waals surface area contributed by atoms with Crippen LogP contribution in [-0.4, -0.2) is 14.6 Å². The van der Waals surface area contributed by atoms with E-state index in [2.05, 4.69) is 9.40 Å². The molecule has 0 radical (unpaired) electrons. The Morgan fingerprint density at radius 3 is 2.55 bits per heavy atom. The molecule has 0 atom stereocenters. The van der Waals surface area contributed by atoms with Gasteiger partial charge in [-0.1, -0.05) is 34.8 Å². The van der Waals surface area contributed by atoms with E-state index in [1.54, 1.807) is 0 Å². The van der Waals surface area contributed by atoms with Crippen molar-refractivity contribution in [1.82, 2.24) is 4.98 Å². The SMILES string of the molecule is O=C(c1ncco1)C(Cl)(Cl)Cl. The number of aromatic nitrogens is 1. The third-order valence-corrected chi connectivity index (χ3v) is 1.40. The van der Waals surface area contributed by atoms with Crippen LogP contribution in [0.4, 0.5) is 0 Å². The highest BCUT2D eigenvalue weighted by atomic mass is 35.6. The molecule has 0 bridgehead atoms. The Labute approximate surface area is 77.2 Å². The zero-order valence-electron chi connectivity index (χ0n) is 5.05. The molecule has 3 nitrogen and oxygen atoms in total. The monoisotopic (exact) mass is 213 g/mol. The normalized spacial score (nSPS) is 11.5. The van der Waals surface area contributed by atoms with Crippen LogP contribution in [0.15, 0.2) is 16.9 Å². The quantitative estimate of drug-likeness (QED) is 0.532. The summed E-state index contributed by atoms with van der Waals surface area (Å²) >= 11 is 15.8. The zero-order chi connectivity index (χ0) is 8.48. The minimum absolute atomic E-state index is 0.204. The highest BCUT2D eigenvalue weighted by Crippen LogP contribution is 2.29. The first kappa shape index (κ1) is 8.84. The van der Waals surface area contributed by atoms with Crippen molar-refractivity contribution in [3.63, 3.8) is 0 Å². The maximum atomic E-state index is 11.0. The summed E-state index contributed by atoms with van der Waals surface area (Å²) in [7, 11) is 0. The Morgan fingerprint density at radius 1 is 1.55 bits per heavy atom. The van der Waals surface area contributed by atoms with Crippen molar-refractivity contribution in [2.24, 2.45) is 0 Å². The van der Waals surface area contributed by atoms with Gasteiger partial charge in [0.05, 0.1) is 6.20 Å². The lowest BCUT2D eigenvalue weighted by Gasteiger charge is -2.04. The molecular weight excluding hydrogens is 212 g/mol. The second-order valence-electron chi connectivity index (χ2n) is 1.66. The molecule has 0 aliphatic rings. The minimum Gasteiger partial charge on any atom is -0.442 e. The van der Waals surface area contributed by atoms with Gasteiger partial charge >= 0.3 is 0 Å². The van der Waals surface area contributed by atoms with Crippen molar-refractivity contribution in [2.75, 3.05) is 0 Å². The zero-order valence-corrected chi connectivity index (χ0v) is 7.32. The number of carbonyl (C=O) groups is 1. The average molecular weight is 214 g/mol. The number of halogens is 3. The summed E-state index contributed by atoms with van der Waals surface area (Å²) in [5, 5.41) is 0. The lowest BCUT2D eigenvalue weighted by molar-refractivity contribution is 0.0963. The molecule has 0 aromatic carbocycles. The Kier molecular flexibility index (Phi) is 2.42. The molecule has 0 saturated carbocycles. The average Bonchev–Trinajstić information content (AvgIpc) is 2.34. The van der Waals surface area contributed by atoms with E-state index < -0.39 is 9.58 Å². The number of Topliss-reactive ketones (excluding diaryl/α,β-unsaturated/α-hetero) is 1. The third kappa shape index (κ3) is 2.09. The first-order chi connectivity index (χ1) is 5.02. The fourth-order valence-electron chi connectivity index (χ4n) is 0.457. The first-order valence-electron chi connectivity index (χ1n) is 2.53. The molecule has 0 unspecified atom stereocenters. The maximum Gasteiger partial charge on any atom is 0.268 e. The van der Waals surface area contributed by atoms with Crippen LogP contribution in [0.25, 0.3) is 0 Å². The lowest BCUT2D eigenvalue weighted by Crippen LogP contribution is -2.18. The molecule has 0 aliphatic heterocycles. The van der Waals surface area contributed by atoms with Crippen LogP contribution in [0.3, 0.4) is 0 Å². The van der Waals surface area contributed by atoms with Crippen LogP contribution in [-0.2, 0) is 0 Å². The minimum atomic E-state index is -2.00. The van der Waals surface area contributed by atoms with Crippen LogP contribution in [0, 0.1) is 0 Å². The van der Waals surface area contributed by atoms with Gasteiger partial charge in [-0.25, -0.2) is 4.98 Å². The van der Waals surface area contributed by atoms with Gasteiger partial charge in [0.25, 0.3) is 15.5 Å². The standard InChI is InChI=1S/C5H2Cl3NO2/c6-5(7,8)3(10)4-9-1-2-11-4/h1-2H. The smallest absolute Gasteiger partial charge is 0.268 e. The second kappa shape index (κ2) is 3.01. The third-order valence-electron chi connectivity index (χ3n) is 0.884. The summed E-state index contributed by atoms with van der Waals surface area (Å²) in [6, 6.07) is 0. The van der Waals surface area contributed by atoms with Crippen molar-refractivity contribution in [2.45, 2.75) is 3.79 Å². The summed E-state index contributed by atoms with van der Waals surface area (Å²) in [5.74, 6) is -0.975. The number of nitrogens with zero attached hydrogens (tertiary/aromatic N) is 1. The molecule has 1 heterocycles. The van der Waals surface area contributed by atoms with E-state index in [4.69, 9.17) is 34.8 Å². The van der Waals surface area contributed by atoms with Gasteiger partial charge in [0.1, 0.15) is 6.26 Å². The molecular formula is C5H2Cl3NO2. The van der Waals surface area contributed by atoms with Gasteiger partial charge in [-0.15, -0.1) is 0 Å². The van der Waals surface area contributed by atoms with Crippen molar-refractivity contribution < 1.29 is 9.21 Å². The molecule has 0 spiro atoms.